The minimum atomic E-state index is 0.572. The topological polar surface area (TPSA) is 47.6 Å². The van der Waals surface area contributed by atoms with E-state index in [1.165, 1.54) is 0 Å². The van der Waals surface area contributed by atoms with Gasteiger partial charge in [0.25, 0.3) is 0 Å². The molecule has 0 atom stereocenters. The molecule has 0 spiro atoms. The van der Waals surface area contributed by atoms with Crippen molar-refractivity contribution >= 4 is 0 Å². The maximum absolute atomic E-state index is 8.13. The van der Waals surface area contributed by atoms with E-state index in [9.17, 15) is 0 Å². The van der Waals surface area contributed by atoms with E-state index in [0.717, 1.165) is 12.8 Å². The smallest absolute Gasteiger partial charge is 0.0624 e. The van der Waals surface area contributed by atoms with E-state index >= 15 is 0 Å². The van der Waals surface area contributed by atoms with Crippen LogP contribution in [0.5, 0.6) is 0 Å². The van der Waals surface area contributed by atoms with E-state index in [2.05, 4.69) is 0 Å². The summed E-state index contributed by atoms with van der Waals surface area (Å²) in [6, 6.07) is 4.08. The Hall–Kier alpha value is -1.28. The summed E-state index contributed by atoms with van der Waals surface area (Å²) < 4.78 is 0. The van der Waals surface area contributed by atoms with Crippen LogP contribution in [0, 0.1) is 22.7 Å². The number of unbranched alkanes of at least 4 members (excludes halogenated alkanes) is 2. The van der Waals surface area contributed by atoms with Gasteiger partial charge >= 0.3 is 0 Å². The Kier molecular flexibility index (Phi) is 6.73. The number of allylic oxidation sites excluding steroid dienone is 2. The van der Waals surface area contributed by atoms with Gasteiger partial charge in [0.2, 0.25) is 0 Å². The lowest BCUT2D eigenvalue weighted by Gasteiger charge is -1.81. The molecule has 2 nitrogen and oxygen atoms in total. The van der Waals surface area contributed by atoms with Crippen LogP contribution in [-0.4, -0.2) is 0 Å². The van der Waals surface area contributed by atoms with Gasteiger partial charge in [0.15, 0.2) is 0 Å². The van der Waals surface area contributed by atoms with Crippen molar-refractivity contribution in [3.05, 3.63) is 12.2 Å². The van der Waals surface area contributed by atoms with Gasteiger partial charge in [-0.2, -0.15) is 10.5 Å². The second kappa shape index (κ2) is 7.72. The molecule has 0 N–H and O–H groups in total. The summed E-state index contributed by atoms with van der Waals surface area (Å²) in [5.41, 5.74) is 0. The average Bonchev–Trinajstić information content (AvgIpc) is 1.97. The molecule has 0 aromatic carbocycles. The molecule has 0 aromatic rings. The Labute approximate surface area is 61.4 Å². The van der Waals surface area contributed by atoms with Crippen molar-refractivity contribution in [3.63, 3.8) is 0 Å². The fraction of sp³-hybridized carbons (Fsp3) is 0.500. The minimum absolute atomic E-state index is 0.572. The van der Waals surface area contributed by atoms with Crippen LogP contribution >= 0.6 is 0 Å². The Morgan fingerprint density at radius 2 is 1.30 bits per heavy atom. The van der Waals surface area contributed by atoms with E-state index in [0.29, 0.717) is 12.8 Å². The molecule has 0 unspecified atom stereocenters. The quantitative estimate of drug-likeness (QED) is 0.337. The predicted octanol–water partition coefficient (Wildman–Crippen LogP) is 2.15. The molecule has 10 heavy (non-hydrogen) atoms. The first-order chi connectivity index (χ1) is 4.91. The number of nitrogens with zero attached hydrogens (tertiary/aromatic N) is 2. The van der Waals surface area contributed by atoms with Gasteiger partial charge in [0.05, 0.1) is 12.1 Å². The van der Waals surface area contributed by atoms with E-state index in [-0.39, 0.29) is 0 Å². The first-order valence-corrected chi connectivity index (χ1v) is 3.30. The monoisotopic (exact) mass is 136 g/mol. The molecule has 0 saturated heterocycles. The van der Waals surface area contributed by atoms with Gasteiger partial charge in [-0.05, 0) is 12.8 Å². The zero-order chi connectivity index (χ0) is 7.66. The van der Waals surface area contributed by atoms with Crippen LogP contribution in [0.4, 0.5) is 0 Å². The van der Waals surface area contributed by atoms with Gasteiger partial charge < -0.3 is 0 Å². The molecule has 0 amide bonds. The highest BCUT2D eigenvalue weighted by molar-refractivity contribution is 4.87. The Bertz CT molecular complexity index is 149. The molecule has 0 heterocycles. The highest BCUT2D eigenvalue weighted by Gasteiger charge is 1.78. The first-order valence-electron chi connectivity index (χ1n) is 3.30. The van der Waals surface area contributed by atoms with Crippen molar-refractivity contribution in [3.8, 4) is 12.1 Å². The van der Waals surface area contributed by atoms with E-state index in [1.54, 1.807) is 0 Å². The second-order valence-electron chi connectivity index (χ2n) is 1.86. The SMILES string of the molecule is N#[13C]CC/C=C/CC[13C]#N. The summed E-state index contributed by atoms with van der Waals surface area (Å²) >= 11 is 0. The molecular formula is C8H10N2. The van der Waals surface area contributed by atoms with Gasteiger partial charge in [-0.3, -0.25) is 0 Å². The number of nitriles is 2. The van der Waals surface area contributed by atoms with Crippen molar-refractivity contribution in [2.24, 2.45) is 0 Å². The summed E-state index contributed by atoms with van der Waals surface area (Å²) in [5.74, 6) is 0. The van der Waals surface area contributed by atoms with Crippen LogP contribution in [0.3, 0.4) is 0 Å². The zero-order valence-corrected chi connectivity index (χ0v) is 5.88. The third-order valence-electron chi connectivity index (χ3n) is 1.01. The summed E-state index contributed by atoms with van der Waals surface area (Å²) in [6.45, 7) is 0. The highest BCUT2D eigenvalue weighted by atomic mass is 14.4. The van der Waals surface area contributed by atoms with Gasteiger partial charge in [0, 0.05) is 12.8 Å². The average molecular weight is 136 g/mol. The van der Waals surface area contributed by atoms with Gasteiger partial charge in [0.1, 0.15) is 0 Å². The maximum Gasteiger partial charge on any atom is 0.0624 e. The number of hydrogen-bond donors (Lipinski definition) is 0. The molecule has 52 valence electrons. The predicted molar refractivity (Wildman–Crippen MR) is 38.8 cm³/mol. The molecule has 0 aliphatic carbocycles. The maximum atomic E-state index is 8.13. The lowest BCUT2D eigenvalue weighted by molar-refractivity contribution is 1.01. The van der Waals surface area contributed by atoms with E-state index < -0.39 is 0 Å². The van der Waals surface area contributed by atoms with E-state index in [1.807, 2.05) is 24.3 Å². The minimum Gasteiger partial charge on any atom is -0.198 e. The van der Waals surface area contributed by atoms with Crippen molar-refractivity contribution in [1.29, 1.82) is 10.5 Å². The number of hydrogen-bond acceptors (Lipinski definition) is 2. The molecule has 2 heteroatoms. The fourth-order valence-electron chi connectivity index (χ4n) is 0.531. The lowest BCUT2D eigenvalue weighted by Crippen LogP contribution is -1.66. The Balaban J connectivity index is 3.08. The normalized spacial score (nSPS) is 9.00. The molecule has 0 aromatic heterocycles. The Morgan fingerprint density at radius 3 is 1.60 bits per heavy atom. The fourth-order valence-corrected chi connectivity index (χ4v) is 0.531. The molecule has 0 saturated carbocycles. The first kappa shape index (κ1) is 8.72. The molecular weight excluding hydrogens is 126 g/mol. The molecule has 0 fully saturated rings. The third-order valence-corrected chi connectivity index (χ3v) is 1.01. The summed E-state index contributed by atoms with van der Waals surface area (Å²) in [6.07, 6.45) is 6.65. The van der Waals surface area contributed by atoms with Gasteiger partial charge in [-0.15, -0.1) is 0 Å². The van der Waals surface area contributed by atoms with Gasteiger partial charge in [-0.25, -0.2) is 0 Å². The molecule has 0 rings (SSSR count). The van der Waals surface area contributed by atoms with Crippen LogP contribution in [0.15, 0.2) is 12.2 Å². The van der Waals surface area contributed by atoms with Crippen LogP contribution in [0.1, 0.15) is 25.7 Å². The van der Waals surface area contributed by atoms with Crippen LogP contribution in [0.2, 0.25) is 0 Å². The number of rotatable bonds is 4. The van der Waals surface area contributed by atoms with Crippen molar-refractivity contribution < 1.29 is 0 Å². The van der Waals surface area contributed by atoms with Crippen LogP contribution in [-0.2, 0) is 0 Å². The van der Waals surface area contributed by atoms with Gasteiger partial charge in [-0.1, -0.05) is 12.2 Å². The molecule has 0 aliphatic rings. The largest absolute Gasteiger partial charge is 0.198 e. The van der Waals surface area contributed by atoms with Crippen molar-refractivity contribution in [2.45, 2.75) is 25.7 Å². The van der Waals surface area contributed by atoms with Crippen molar-refractivity contribution in [2.75, 3.05) is 0 Å². The molecule has 0 aliphatic heterocycles. The summed E-state index contributed by atoms with van der Waals surface area (Å²) in [5, 5.41) is 16.3. The molecule has 0 radical (unpaired) electrons. The highest BCUT2D eigenvalue weighted by Crippen LogP contribution is 1.93. The summed E-state index contributed by atoms with van der Waals surface area (Å²) in [4.78, 5) is 0. The summed E-state index contributed by atoms with van der Waals surface area (Å²) in [7, 11) is 0. The van der Waals surface area contributed by atoms with Crippen LogP contribution in [0.25, 0.3) is 0 Å². The van der Waals surface area contributed by atoms with Crippen LogP contribution < -0.4 is 0 Å². The standard InChI is InChI=1S/C8H10N2/c9-7-5-3-1-2-4-6-8-10/h1-2H,3-6H2/b2-1+/i7+1,8+1. The Morgan fingerprint density at radius 1 is 0.900 bits per heavy atom. The molecule has 0 bridgehead atoms. The second-order valence-corrected chi connectivity index (χ2v) is 1.86. The van der Waals surface area contributed by atoms with Crippen molar-refractivity contribution in [1.82, 2.24) is 0 Å². The third kappa shape index (κ3) is 6.72. The lowest BCUT2D eigenvalue weighted by atomic mass is 10.3. The zero-order valence-electron chi connectivity index (χ0n) is 5.88. The van der Waals surface area contributed by atoms with E-state index in [4.69, 9.17) is 10.5 Å².